The molecule has 0 radical (unpaired) electrons. The van der Waals surface area contributed by atoms with Crippen LogP contribution >= 0.6 is 0 Å². The van der Waals surface area contributed by atoms with Gasteiger partial charge in [-0.05, 0) is 30.6 Å². The molecule has 1 saturated carbocycles. The zero-order valence-corrected chi connectivity index (χ0v) is 9.71. The molecule has 0 spiro atoms. The maximum Gasteiger partial charge on any atom is 0.000988 e. The average Bonchev–Trinajstić information content (AvgIpc) is 2.67. The van der Waals surface area contributed by atoms with Gasteiger partial charge in [-0.1, -0.05) is 27.7 Å². The van der Waals surface area contributed by atoms with E-state index in [1.165, 1.54) is 32.5 Å². The molecule has 0 aromatic rings. The third kappa shape index (κ3) is 5.30. The molecule has 1 aliphatic carbocycles. The van der Waals surface area contributed by atoms with E-state index in [9.17, 15) is 0 Å². The summed E-state index contributed by atoms with van der Waals surface area (Å²) in [6, 6.07) is 0. The van der Waals surface area contributed by atoms with Gasteiger partial charge < -0.3 is 4.90 Å². The van der Waals surface area contributed by atoms with E-state index in [-0.39, 0.29) is 0 Å². The van der Waals surface area contributed by atoms with Crippen LogP contribution in [0.15, 0.2) is 0 Å². The van der Waals surface area contributed by atoms with Crippen LogP contribution in [0.3, 0.4) is 0 Å². The third-order valence-corrected chi connectivity index (χ3v) is 2.46. The molecule has 1 aliphatic rings. The van der Waals surface area contributed by atoms with E-state index in [0.29, 0.717) is 0 Å². The lowest BCUT2D eigenvalue weighted by atomic mass is 10.1. The van der Waals surface area contributed by atoms with Gasteiger partial charge in [-0.2, -0.15) is 0 Å². The van der Waals surface area contributed by atoms with Crippen molar-refractivity contribution in [2.75, 3.05) is 19.6 Å². The molecule has 1 heteroatoms. The SMILES string of the molecule is CC(C)CN(CC(C)C)CC1CC1. The molecule has 13 heavy (non-hydrogen) atoms. The predicted molar refractivity (Wildman–Crippen MR) is 58.8 cm³/mol. The van der Waals surface area contributed by atoms with Crippen LogP contribution in [-0.4, -0.2) is 24.5 Å². The first-order valence-electron chi connectivity index (χ1n) is 5.80. The van der Waals surface area contributed by atoms with Gasteiger partial charge in [0, 0.05) is 19.6 Å². The van der Waals surface area contributed by atoms with Crippen LogP contribution in [-0.2, 0) is 0 Å². The Morgan fingerprint density at radius 3 is 1.77 bits per heavy atom. The molecule has 0 saturated heterocycles. The molecule has 0 unspecified atom stereocenters. The fourth-order valence-electron chi connectivity index (χ4n) is 1.92. The Morgan fingerprint density at radius 2 is 1.46 bits per heavy atom. The highest BCUT2D eigenvalue weighted by atomic mass is 15.1. The predicted octanol–water partition coefficient (Wildman–Crippen LogP) is 3.01. The summed E-state index contributed by atoms with van der Waals surface area (Å²) < 4.78 is 0. The molecule has 1 fully saturated rings. The Labute approximate surface area is 83.5 Å². The smallest absolute Gasteiger partial charge is 0.000988 e. The topological polar surface area (TPSA) is 3.24 Å². The van der Waals surface area contributed by atoms with E-state index in [0.717, 1.165) is 17.8 Å². The Bertz CT molecular complexity index is 121. The molecule has 0 aromatic carbocycles. The molecule has 0 heterocycles. The molecular weight excluding hydrogens is 158 g/mol. The third-order valence-electron chi connectivity index (χ3n) is 2.46. The van der Waals surface area contributed by atoms with Crippen molar-refractivity contribution in [2.45, 2.75) is 40.5 Å². The van der Waals surface area contributed by atoms with Gasteiger partial charge >= 0.3 is 0 Å². The van der Waals surface area contributed by atoms with E-state index in [2.05, 4.69) is 32.6 Å². The first-order chi connectivity index (χ1) is 6.08. The second-order valence-electron chi connectivity index (χ2n) is 5.45. The van der Waals surface area contributed by atoms with Crippen molar-refractivity contribution >= 4 is 0 Å². The Hall–Kier alpha value is -0.0400. The van der Waals surface area contributed by atoms with Crippen LogP contribution < -0.4 is 0 Å². The van der Waals surface area contributed by atoms with Crippen LogP contribution in [0.5, 0.6) is 0 Å². The second-order valence-corrected chi connectivity index (χ2v) is 5.45. The van der Waals surface area contributed by atoms with Crippen molar-refractivity contribution in [3.8, 4) is 0 Å². The Morgan fingerprint density at radius 1 is 1.00 bits per heavy atom. The van der Waals surface area contributed by atoms with Gasteiger partial charge in [-0.25, -0.2) is 0 Å². The molecule has 0 amide bonds. The standard InChI is InChI=1S/C12H25N/c1-10(2)7-13(8-11(3)4)9-12-5-6-12/h10-12H,5-9H2,1-4H3. The number of hydrogen-bond donors (Lipinski definition) is 0. The van der Waals surface area contributed by atoms with Crippen LogP contribution in [0, 0.1) is 17.8 Å². The maximum atomic E-state index is 2.66. The summed E-state index contributed by atoms with van der Waals surface area (Å²) in [7, 11) is 0. The highest BCUT2D eigenvalue weighted by Gasteiger charge is 2.24. The summed E-state index contributed by atoms with van der Waals surface area (Å²) in [4.78, 5) is 2.66. The first-order valence-corrected chi connectivity index (χ1v) is 5.80. The van der Waals surface area contributed by atoms with E-state index in [1.807, 2.05) is 0 Å². The lowest BCUT2D eigenvalue weighted by Gasteiger charge is -2.25. The fraction of sp³-hybridized carbons (Fsp3) is 1.00. The molecule has 0 aliphatic heterocycles. The van der Waals surface area contributed by atoms with Crippen molar-refractivity contribution in [3.63, 3.8) is 0 Å². The second kappa shape index (κ2) is 4.99. The minimum Gasteiger partial charge on any atom is -0.303 e. The summed E-state index contributed by atoms with van der Waals surface area (Å²) in [6.45, 7) is 13.2. The van der Waals surface area contributed by atoms with Gasteiger partial charge in [0.25, 0.3) is 0 Å². The minimum atomic E-state index is 0.817. The molecule has 0 bridgehead atoms. The van der Waals surface area contributed by atoms with Crippen molar-refractivity contribution < 1.29 is 0 Å². The van der Waals surface area contributed by atoms with E-state index in [4.69, 9.17) is 0 Å². The molecule has 0 aromatic heterocycles. The fourth-order valence-corrected chi connectivity index (χ4v) is 1.92. The zero-order valence-electron chi connectivity index (χ0n) is 9.71. The van der Waals surface area contributed by atoms with Crippen LogP contribution in [0.2, 0.25) is 0 Å². The lowest BCUT2D eigenvalue weighted by Crippen LogP contribution is -2.33. The number of nitrogens with zero attached hydrogens (tertiary/aromatic N) is 1. The van der Waals surface area contributed by atoms with Crippen molar-refractivity contribution in [1.29, 1.82) is 0 Å². The highest BCUT2D eigenvalue weighted by molar-refractivity contribution is 4.78. The molecule has 1 nitrogen and oxygen atoms in total. The normalized spacial score (nSPS) is 17.8. The number of hydrogen-bond acceptors (Lipinski definition) is 1. The molecular formula is C12H25N. The van der Waals surface area contributed by atoms with Gasteiger partial charge in [0.1, 0.15) is 0 Å². The first kappa shape index (κ1) is 11.0. The average molecular weight is 183 g/mol. The molecule has 0 atom stereocenters. The molecule has 0 N–H and O–H groups in total. The minimum absolute atomic E-state index is 0.817. The lowest BCUT2D eigenvalue weighted by molar-refractivity contribution is 0.211. The largest absolute Gasteiger partial charge is 0.303 e. The summed E-state index contributed by atoms with van der Waals surface area (Å²) in [5, 5.41) is 0. The van der Waals surface area contributed by atoms with Crippen molar-refractivity contribution in [2.24, 2.45) is 17.8 Å². The van der Waals surface area contributed by atoms with E-state index in [1.54, 1.807) is 0 Å². The zero-order chi connectivity index (χ0) is 9.84. The van der Waals surface area contributed by atoms with Gasteiger partial charge in [0.15, 0.2) is 0 Å². The van der Waals surface area contributed by atoms with Crippen molar-refractivity contribution in [1.82, 2.24) is 4.90 Å². The highest BCUT2D eigenvalue weighted by Crippen LogP contribution is 2.30. The van der Waals surface area contributed by atoms with Gasteiger partial charge in [-0.3, -0.25) is 0 Å². The maximum absolute atomic E-state index is 2.66. The monoisotopic (exact) mass is 183 g/mol. The van der Waals surface area contributed by atoms with Gasteiger partial charge in [0.2, 0.25) is 0 Å². The van der Waals surface area contributed by atoms with Gasteiger partial charge in [-0.15, -0.1) is 0 Å². The van der Waals surface area contributed by atoms with Crippen LogP contribution in [0.4, 0.5) is 0 Å². The van der Waals surface area contributed by atoms with E-state index >= 15 is 0 Å². The molecule has 78 valence electrons. The van der Waals surface area contributed by atoms with Crippen LogP contribution in [0.25, 0.3) is 0 Å². The summed E-state index contributed by atoms with van der Waals surface area (Å²) in [6.07, 6.45) is 2.96. The quantitative estimate of drug-likeness (QED) is 0.612. The van der Waals surface area contributed by atoms with E-state index < -0.39 is 0 Å². The van der Waals surface area contributed by atoms with Crippen molar-refractivity contribution in [3.05, 3.63) is 0 Å². The summed E-state index contributed by atoms with van der Waals surface area (Å²) >= 11 is 0. The Balaban J connectivity index is 2.23. The molecule has 1 rings (SSSR count). The van der Waals surface area contributed by atoms with Gasteiger partial charge in [0.05, 0.1) is 0 Å². The Kier molecular flexibility index (Phi) is 4.24. The summed E-state index contributed by atoms with van der Waals surface area (Å²) in [5.41, 5.74) is 0. The summed E-state index contributed by atoms with van der Waals surface area (Å²) in [5.74, 6) is 2.67. The van der Waals surface area contributed by atoms with Crippen LogP contribution in [0.1, 0.15) is 40.5 Å². The number of rotatable bonds is 6.